The molecule has 0 saturated carbocycles. The Morgan fingerprint density at radius 1 is 1.21 bits per heavy atom. The van der Waals surface area contributed by atoms with Gasteiger partial charge in [-0.1, -0.05) is 41.5 Å². The third-order valence-electron chi connectivity index (χ3n) is 2.74. The predicted molar refractivity (Wildman–Crippen MR) is 57.8 cm³/mol. The third-order valence-corrected chi connectivity index (χ3v) is 2.74. The summed E-state index contributed by atoms with van der Waals surface area (Å²) < 4.78 is 0. The first-order valence-corrected chi connectivity index (χ1v) is 5.01. The molecular weight excluding hydrogens is 178 g/mol. The third kappa shape index (κ3) is 3.20. The molecule has 1 amide bonds. The van der Waals surface area contributed by atoms with Crippen LogP contribution in [0.15, 0.2) is 5.18 Å². The van der Waals surface area contributed by atoms with Gasteiger partial charge in [-0.15, -0.1) is 4.91 Å². The molecule has 0 aliphatic rings. The maximum atomic E-state index is 11.5. The molecule has 0 aromatic heterocycles. The van der Waals surface area contributed by atoms with Gasteiger partial charge in [-0.25, -0.2) is 0 Å². The highest BCUT2D eigenvalue weighted by Gasteiger charge is 2.40. The molecule has 1 atom stereocenters. The maximum Gasteiger partial charge on any atom is 0.292 e. The molecule has 0 spiro atoms. The van der Waals surface area contributed by atoms with Crippen molar-refractivity contribution in [3.8, 4) is 0 Å². The fraction of sp³-hybridized carbons (Fsp3) is 0.909. The lowest BCUT2D eigenvalue weighted by molar-refractivity contribution is -0.131. The van der Waals surface area contributed by atoms with Crippen molar-refractivity contribution in [3.05, 3.63) is 4.91 Å². The van der Waals surface area contributed by atoms with Crippen LogP contribution in [0.3, 0.4) is 0 Å². The summed E-state index contributed by atoms with van der Waals surface area (Å²) in [5.41, 5.74) is -0.598. The monoisotopic (exact) mass is 199 g/mol. The lowest BCUT2D eigenvalue weighted by atomic mass is 9.68. The normalized spacial score (nSPS) is 16.5. The molecule has 1 unspecified atom stereocenters. The fourth-order valence-electron chi connectivity index (χ4n) is 1.73. The first kappa shape index (κ1) is 13.3. The van der Waals surface area contributed by atoms with Crippen LogP contribution >= 0.6 is 0 Å². The van der Waals surface area contributed by atoms with E-state index < -0.39 is 11.3 Å². The minimum Gasteiger partial charge on any atom is -0.268 e. The number of hydrogen-bond donors (Lipinski definition) is 0. The Morgan fingerprint density at radius 2 is 1.64 bits per heavy atom. The van der Waals surface area contributed by atoms with Gasteiger partial charge in [0.2, 0.25) is 0 Å². The Bertz CT molecular complexity index is 228. The number of nitroso groups, excluding NO2 is 1. The van der Waals surface area contributed by atoms with Gasteiger partial charge in [0.15, 0.2) is 0 Å². The SMILES string of the molecule is CC(C)C(C)(CC(C)(C)C)C(=O)N=O. The Balaban J connectivity index is 4.92. The molecule has 3 heteroatoms. The molecule has 0 N–H and O–H groups in total. The van der Waals surface area contributed by atoms with Gasteiger partial charge in [-0.3, -0.25) is 4.79 Å². The lowest BCUT2D eigenvalue weighted by Gasteiger charge is -2.35. The molecule has 0 radical (unpaired) electrons. The number of carbonyl (C=O) groups is 1. The summed E-state index contributed by atoms with van der Waals surface area (Å²) in [6, 6.07) is 0. The van der Waals surface area contributed by atoms with Crippen molar-refractivity contribution in [1.29, 1.82) is 0 Å². The molecular formula is C11H21NO2. The van der Waals surface area contributed by atoms with Crippen LogP contribution in [0.5, 0.6) is 0 Å². The van der Waals surface area contributed by atoms with Gasteiger partial charge in [0.05, 0.1) is 5.41 Å². The zero-order valence-corrected chi connectivity index (χ0v) is 10.0. The molecule has 0 aromatic carbocycles. The molecule has 0 aliphatic heterocycles. The molecule has 0 fully saturated rings. The van der Waals surface area contributed by atoms with Crippen LogP contribution in [0, 0.1) is 21.7 Å². The summed E-state index contributed by atoms with van der Waals surface area (Å²) in [6.07, 6.45) is 0.683. The van der Waals surface area contributed by atoms with E-state index in [4.69, 9.17) is 0 Å². The van der Waals surface area contributed by atoms with Crippen molar-refractivity contribution >= 4 is 5.91 Å². The first-order chi connectivity index (χ1) is 6.13. The van der Waals surface area contributed by atoms with Crippen LogP contribution in [-0.4, -0.2) is 5.91 Å². The smallest absolute Gasteiger partial charge is 0.268 e. The van der Waals surface area contributed by atoms with Gasteiger partial charge < -0.3 is 0 Å². The van der Waals surface area contributed by atoms with Gasteiger partial charge in [-0.2, -0.15) is 0 Å². The molecule has 3 nitrogen and oxygen atoms in total. The highest BCUT2D eigenvalue weighted by atomic mass is 16.3. The van der Waals surface area contributed by atoms with Crippen LogP contribution in [0.4, 0.5) is 0 Å². The van der Waals surface area contributed by atoms with Crippen molar-refractivity contribution in [2.24, 2.45) is 21.9 Å². The Hall–Kier alpha value is -0.730. The molecule has 0 saturated heterocycles. The van der Waals surface area contributed by atoms with Gasteiger partial charge in [-0.05, 0) is 17.8 Å². The zero-order chi connectivity index (χ0) is 11.6. The fourth-order valence-corrected chi connectivity index (χ4v) is 1.73. The van der Waals surface area contributed by atoms with Crippen molar-refractivity contribution < 1.29 is 4.79 Å². The molecule has 82 valence electrons. The van der Waals surface area contributed by atoms with E-state index in [1.165, 1.54) is 0 Å². The van der Waals surface area contributed by atoms with Crippen LogP contribution in [0.25, 0.3) is 0 Å². The Labute approximate surface area is 86.2 Å². The highest BCUT2D eigenvalue weighted by molar-refractivity contribution is 5.83. The summed E-state index contributed by atoms with van der Waals surface area (Å²) in [5.74, 6) is -0.394. The quantitative estimate of drug-likeness (QED) is 0.654. The van der Waals surface area contributed by atoms with E-state index in [9.17, 15) is 9.70 Å². The number of nitrogens with zero attached hydrogens (tertiary/aromatic N) is 1. The lowest BCUT2D eigenvalue weighted by Crippen LogP contribution is -2.36. The summed E-state index contributed by atoms with van der Waals surface area (Å²) in [7, 11) is 0. The average molecular weight is 199 g/mol. The van der Waals surface area contributed by atoms with E-state index >= 15 is 0 Å². The van der Waals surface area contributed by atoms with E-state index in [-0.39, 0.29) is 11.3 Å². The average Bonchev–Trinajstić information content (AvgIpc) is 1.99. The maximum absolute atomic E-state index is 11.5. The van der Waals surface area contributed by atoms with Crippen LogP contribution < -0.4 is 0 Å². The number of hydrogen-bond acceptors (Lipinski definition) is 2. The standard InChI is InChI=1S/C11H21NO2/c1-8(2)11(6,9(13)12-14)7-10(3,4)5/h8H,7H2,1-6H3. The van der Waals surface area contributed by atoms with E-state index in [2.05, 4.69) is 25.9 Å². The first-order valence-electron chi connectivity index (χ1n) is 5.01. The second-order valence-corrected chi connectivity index (χ2v) is 5.71. The molecule has 0 rings (SSSR count). The van der Waals surface area contributed by atoms with Gasteiger partial charge in [0, 0.05) is 5.18 Å². The van der Waals surface area contributed by atoms with Crippen molar-refractivity contribution in [1.82, 2.24) is 0 Å². The van der Waals surface area contributed by atoms with E-state index in [0.717, 1.165) is 0 Å². The summed E-state index contributed by atoms with van der Waals surface area (Å²) in [4.78, 5) is 21.8. The van der Waals surface area contributed by atoms with Crippen molar-refractivity contribution in [3.63, 3.8) is 0 Å². The molecule has 0 aromatic rings. The minimum absolute atomic E-state index is 0.0272. The highest BCUT2D eigenvalue weighted by Crippen LogP contribution is 2.40. The Kier molecular flexibility index (Phi) is 3.98. The summed E-state index contributed by atoms with van der Waals surface area (Å²) in [5, 5.41) is 2.58. The number of amides is 1. The van der Waals surface area contributed by atoms with Crippen molar-refractivity contribution in [2.45, 2.75) is 48.0 Å². The van der Waals surface area contributed by atoms with E-state index in [1.54, 1.807) is 0 Å². The second kappa shape index (κ2) is 4.20. The van der Waals surface area contributed by atoms with Crippen LogP contribution in [-0.2, 0) is 4.79 Å². The topological polar surface area (TPSA) is 46.5 Å². The Morgan fingerprint density at radius 3 is 1.86 bits per heavy atom. The molecule has 0 heterocycles. The van der Waals surface area contributed by atoms with Gasteiger partial charge >= 0.3 is 0 Å². The largest absolute Gasteiger partial charge is 0.292 e. The van der Waals surface area contributed by atoms with Crippen LogP contribution in [0.2, 0.25) is 0 Å². The van der Waals surface area contributed by atoms with Crippen molar-refractivity contribution in [2.75, 3.05) is 0 Å². The number of carbonyl (C=O) groups excluding carboxylic acids is 1. The summed E-state index contributed by atoms with van der Waals surface area (Å²) in [6.45, 7) is 11.9. The van der Waals surface area contributed by atoms with E-state index in [1.807, 2.05) is 20.8 Å². The molecule has 14 heavy (non-hydrogen) atoms. The minimum atomic E-state index is -0.625. The predicted octanol–water partition coefficient (Wildman–Crippen LogP) is 3.38. The number of rotatable bonds is 3. The zero-order valence-electron chi connectivity index (χ0n) is 10.0. The molecule has 0 aliphatic carbocycles. The summed E-state index contributed by atoms with van der Waals surface area (Å²) >= 11 is 0. The molecule has 0 bridgehead atoms. The van der Waals surface area contributed by atoms with Gasteiger partial charge in [0.1, 0.15) is 0 Å². The van der Waals surface area contributed by atoms with Crippen LogP contribution in [0.1, 0.15) is 48.0 Å². The second-order valence-electron chi connectivity index (χ2n) is 5.71. The van der Waals surface area contributed by atoms with E-state index in [0.29, 0.717) is 6.42 Å². The van der Waals surface area contributed by atoms with Gasteiger partial charge in [0.25, 0.3) is 5.91 Å².